The number of carbonyl (C=O) groups excluding carboxylic acids is 1. The molecule has 1 N–H and O–H groups in total. The Morgan fingerprint density at radius 3 is 2.89 bits per heavy atom. The lowest BCUT2D eigenvalue weighted by Crippen LogP contribution is -2.07. The summed E-state index contributed by atoms with van der Waals surface area (Å²) in [7, 11) is 1.31. The van der Waals surface area contributed by atoms with E-state index in [0.717, 1.165) is 18.6 Å². The molecule has 0 aliphatic rings. The molecule has 100 valence electrons. The van der Waals surface area contributed by atoms with E-state index >= 15 is 0 Å². The van der Waals surface area contributed by atoms with E-state index in [1.54, 1.807) is 11.8 Å². The molecular weight excluding hydrogens is 253 g/mol. The number of ether oxygens (including phenoxy) is 1. The SMILES string of the molecule is COC(=O)c1ccc(F)c(NCCCCSC)c1. The molecule has 0 amide bonds. The Bertz CT molecular complexity index is 399. The Hall–Kier alpha value is -1.23. The van der Waals surface area contributed by atoms with Crippen molar-refractivity contribution in [1.82, 2.24) is 0 Å². The van der Waals surface area contributed by atoms with Gasteiger partial charge in [0.15, 0.2) is 0 Å². The number of methoxy groups -OCH3 is 1. The Morgan fingerprint density at radius 2 is 2.22 bits per heavy atom. The molecule has 1 rings (SSSR count). The van der Waals surface area contributed by atoms with Crippen LogP contribution in [0.2, 0.25) is 0 Å². The largest absolute Gasteiger partial charge is 0.465 e. The van der Waals surface area contributed by atoms with Crippen LogP contribution in [0, 0.1) is 5.82 Å². The van der Waals surface area contributed by atoms with Crippen molar-refractivity contribution < 1.29 is 13.9 Å². The second-order valence-corrected chi connectivity index (χ2v) is 4.80. The summed E-state index contributed by atoms with van der Waals surface area (Å²) in [5, 5.41) is 3.00. The van der Waals surface area contributed by atoms with Gasteiger partial charge in [0, 0.05) is 6.54 Å². The van der Waals surface area contributed by atoms with Gasteiger partial charge < -0.3 is 10.1 Å². The third-order valence-electron chi connectivity index (χ3n) is 2.48. The first-order chi connectivity index (χ1) is 8.69. The summed E-state index contributed by atoms with van der Waals surface area (Å²) >= 11 is 1.80. The van der Waals surface area contributed by atoms with E-state index in [1.807, 2.05) is 0 Å². The standard InChI is InChI=1S/C13H18FNO2S/c1-17-13(16)10-5-6-11(14)12(9-10)15-7-3-4-8-18-2/h5-6,9,15H,3-4,7-8H2,1-2H3. The van der Waals surface area contributed by atoms with Crippen molar-refractivity contribution in [3.8, 4) is 0 Å². The van der Waals surface area contributed by atoms with Gasteiger partial charge in [-0.05, 0) is 43.0 Å². The van der Waals surface area contributed by atoms with Gasteiger partial charge in [0.2, 0.25) is 0 Å². The van der Waals surface area contributed by atoms with Crippen LogP contribution in [-0.4, -0.2) is 31.6 Å². The normalized spacial score (nSPS) is 10.2. The predicted molar refractivity (Wildman–Crippen MR) is 73.8 cm³/mol. The van der Waals surface area contributed by atoms with E-state index in [1.165, 1.54) is 25.3 Å². The van der Waals surface area contributed by atoms with Crippen LogP contribution in [-0.2, 0) is 4.74 Å². The molecule has 0 atom stereocenters. The van der Waals surface area contributed by atoms with Crippen molar-refractivity contribution in [3.63, 3.8) is 0 Å². The smallest absolute Gasteiger partial charge is 0.337 e. The molecule has 3 nitrogen and oxygen atoms in total. The van der Waals surface area contributed by atoms with Crippen LogP contribution in [0.5, 0.6) is 0 Å². The number of rotatable bonds is 7. The van der Waals surface area contributed by atoms with Crippen LogP contribution in [0.4, 0.5) is 10.1 Å². The van der Waals surface area contributed by atoms with Crippen molar-refractivity contribution in [2.24, 2.45) is 0 Å². The molecule has 0 heterocycles. The Labute approximate surface area is 111 Å². The first-order valence-electron chi connectivity index (χ1n) is 5.79. The molecule has 0 aliphatic heterocycles. The maximum absolute atomic E-state index is 13.5. The van der Waals surface area contributed by atoms with Crippen LogP contribution in [0.15, 0.2) is 18.2 Å². The summed E-state index contributed by atoms with van der Waals surface area (Å²) in [6.07, 6.45) is 4.13. The summed E-state index contributed by atoms with van der Waals surface area (Å²) in [6, 6.07) is 4.17. The lowest BCUT2D eigenvalue weighted by molar-refractivity contribution is 0.0600. The molecule has 0 radical (unpaired) electrons. The fourth-order valence-electron chi connectivity index (χ4n) is 1.50. The average Bonchev–Trinajstić information content (AvgIpc) is 2.39. The molecule has 0 spiro atoms. The number of hydrogen-bond acceptors (Lipinski definition) is 4. The van der Waals surface area contributed by atoms with Gasteiger partial charge in [-0.1, -0.05) is 0 Å². The van der Waals surface area contributed by atoms with Crippen molar-refractivity contribution in [1.29, 1.82) is 0 Å². The molecule has 0 aromatic heterocycles. The summed E-state index contributed by atoms with van der Waals surface area (Å²) in [4.78, 5) is 11.3. The number of carbonyl (C=O) groups is 1. The number of nitrogens with one attached hydrogen (secondary N) is 1. The quantitative estimate of drug-likeness (QED) is 0.610. The minimum Gasteiger partial charge on any atom is -0.465 e. The molecule has 18 heavy (non-hydrogen) atoms. The van der Waals surface area contributed by atoms with Crippen molar-refractivity contribution in [2.45, 2.75) is 12.8 Å². The summed E-state index contributed by atoms with van der Waals surface area (Å²) < 4.78 is 18.1. The minimum absolute atomic E-state index is 0.349. The number of benzene rings is 1. The highest BCUT2D eigenvalue weighted by atomic mass is 32.2. The van der Waals surface area contributed by atoms with E-state index in [2.05, 4.69) is 16.3 Å². The first kappa shape index (κ1) is 14.8. The van der Waals surface area contributed by atoms with Gasteiger partial charge in [0.25, 0.3) is 0 Å². The monoisotopic (exact) mass is 271 g/mol. The number of thioether (sulfide) groups is 1. The number of hydrogen-bond donors (Lipinski definition) is 1. The highest BCUT2D eigenvalue weighted by Crippen LogP contribution is 2.17. The van der Waals surface area contributed by atoms with Gasteiger partial charge >= 0.3 is 5.97 Å². The summed E-state index contributed by atoms with van der Waals surface area (Å²) in [6.45, 7) is 0.697. The molecule has 5 heteroatoms. The van der Waals surface area contributed by atoms with E-state index in [-0.39, 0.29) is 5.82 Å². The van der Waals surface area contributed by atoms with Gasteiger partial charge in [0.1, 0.15) is 5.82 Å². The van der Waals surface area contributed by atoms with E-state index in [9.17, 15) is 9.18 Å². The fourth-order valence-corrected chi connectivity index (χ4v) is 1.99. The fraction of sp³-hybridized carbons (Fsp3) is 0.462. The van der Waals surface area contributed by atoms with Crippen molar-refractivity contribution in [3.05, 3.63) is 29.6 Å². The van der Waals surface area contributed by atoms with Crippen molar-refractivity contribution in [2.75, 3.05) is 31.0 Å². The van der Waals surface area contributed by atoms with Crippen LogP contribution >= 0.6 is 11.8 Å². The Morgan fingerprint density at radius 1 is 1.44 bits per heavy atom. The van der Waals surface area contributed by atoms with Gasteiger partial charge in [-0.15, -0.1) is 0 Å². The molecule has 1 aromatic rings. The lowest BCUT2D eigenvalue weighted by atomic mass is 10.2. The number of esters is 1. The maximum atomic E-state index is 13.5. The molecule has 1 aromatic carbocycles. The van der Waals surface area contributed by atoms with Crippen LogP contribution in [0.1, 0.15) is 23.2 Å². The van der Waals surface area contributed by atoms with Crippen LogP contribution in [0.3, 0.4) is 0 Å². The van der Waals surface area contributed by atoms with Gasteiger partial charge in [-0.2, -0.15) is 11.8 Å². The number of halogens is 1. The molecule has 0 saturated carbocycles. The highest BCUT2D eigenvalue weighted by molar-refractivity contribution is 7.98. The zero-order valence-electron chi connectivity index (χ0n) is 10.7. The molecule has 0 fully saturated rings. The number of anilines is 1. The zero-order chi connectivity index (χ0) is 13.4. The third kappa shape index (κ3) is 4.56. The Kier molecular flexibility index (Phi) is 6.57. The first-order valence-corrected chi connectivity index (χ1v) is 7.19. The van der Waals surface area contributed by atoms with Crippen LogP contribution in [0.25, 0.3) is 0 Å². The van der Waals surface area contributed by atoms with E-state index in [4.69, 9.17) is 0 Å². The zero-order valence-corrected chi connectivity index (χ0v) is 11.5. The second-order valence-electron chi connectivity index (χ2n) is 3.81. The Balaban J connectivity index is 2.56. The van der Waals surface area contributed by atoms with Crippen molar-refractivity contribution >= 4 is 23.4 Å². The second kappa shape index (κ2) is 7.97. The summed E-state index contributed by atoms with van der Waals surface area (Å²) in [5.41, 5.74) is 0.701. The predicted octanol–water partition coefficient (Wildman–Crippen LogP) is 3.17. The van der Waals surface area contributed by atoms with Crippen LogP contribution < -0.4 is 5.32 Å². The molecular formula is C13H18FNO2S. The number of unbranched alkanes of at least 4 members (excludes halogenated alkanes) is 1. The summed E-state index contributed by atoms with van der Waals surface area (Å²) in [5.74, 6) is 0.291. The third-order valence-corrected chi connectivity index (χ3v) is 3.18. The highest BCUT2D eigenvalue weighted by Gasteiger charge is 2.09. The molecule has 0 aliphatic carbocycles. The lowest BCUT2D eigenvalue weighted by Gasteiger charge is -2.08. The molecule has 0 bridgehead atoms. The average molecular weight is 271 g/mol. The maximum Gasteiger partial charge on any atom is 0.337 e. The van der Waals surface area contributed by atoms with E-state index in [0.29, 0.717) is 17.8 Å². The van der Waals surface area contributed by atoms with Gasteiger partial charge in [-0.25, -0.2) is 9.18 Å². The molecule has 0 saturated heterocycles. The molecule has 0 unspecified atom stereocenters. The topological polar surface area (TPSA) is 38.3 Å². The van der Waals surface area contributed by atoms with Gasteiger partial charge in [-0.3, -0.25) is 0 Å². The van der Waals surface area contributed by atoms with E-state index < -0.39 is 5.97 Å². The van der Waals surface area contributed by atoms with Gasteiger partial charge in [0.05, 0.1) is 18.4 Å². The minimum atomic E-state index is -0.458.